The monoisotopic (exact) mass is 293 g/mol. The molecule has 1 saturated heterocycles. The van der Waals surface area contributed by atoms with Gasteiger partial charge in [-0.05, 0) is 24.8 Å². The molecule has 114 valence electrons. The Morgan fingerprint density at radius 1 is 1.52 bits per heavy atom. The van der Waals surface area contributed by atoms with E-state index in [2.05, 4.69) is 5.32 Å². The number of carbonyl (C=O) groups excluding carboxylic acids is 1. The number of non-ortho nitro benzene ring substituents is 1. The van der Waals surface area contributed by atoms with Crippen LogP contribution in [0.15, 0.2) is 18.2 Å². The van der Waals surface area contributed by atoms with Gasteiger partial charge in [-0.25, -0.2) is 4.79 Å². The molecule has 0 spiro atoms. The lowest BCUT2D eigenvalue weighted by Gasteiger charge is -2.34. The minimum atomic E-state index is -0.532. The molecule has 1 aromatic carbocycles. The summed E-state index contributed by atoms with van der Waals surface area (Å²) in [5, 5.41) is 23.3. The largest absolute Gasteiger partial charge is 0.391 e. The van der Waals surface area contributed by atoms with Crippen molar-refractivity contribution < 1.29 is 14.8 Å². The predicted molar refractivity (Wildman–Crippen MR) is 78.2 cm³/mol. The summed E-state index contributed by atoms with van der Waals surface area (Å²) < 4.78 is 0. The summed E-state index contributed by atoms with van der Waals surface area (Å²) in [6.07, 6.45) is 0.207. The van der Waals surface area contributed by atoms with Crippen molar-refractivity contribution in [3.63, 3.8) is 0 Å². The molecular weight excluding hydrogens is 274 g/mol. The number of rotatable bonds is 2. The number of likely N-dealkylation sites (tertiary alicyclic amines) is 1. The quantitative estimate of drug-likeness (QED) is 0.645. The second-order valence-electron chi connectivity index (χ2n) is 5.47. The van der Waals surface area contributed by atoms with Crippen molar-refractivity contribution in [3.05, 3.63) is 33.9 Å². The van der Waals surface area contributed by atoms with E-state index >= 15 is 0 Å². The second kappa shape index (κ2) is 6.09. The number of aliphatic hydroxyl groups is 1. The number of piperidine rings is 1. The maximum atomic E-state index is 12.2. The van der Waals surface area contributed by atoms with E-state index < -0.39 is 11.0 Å². The highest BCUT2D eigenvalue weighted by Crippen LogP contribution is 2.23. The third-order valence-electron chi connectivity index (χ3n) is 3.88. The molecule has 2 amide bonds. The molecule has 2 unspecified atom stereocenters. The smallest absolute Gasteiger partial charge is 0.321 e. The molecule has 1 aliphatic heterocycles. The maximum Gasteiger partial charge on any atom is 0.321 e. The summed E-state index contributed by atoms with van der Waals surface area (Å²) >= 11 is 0. The Morgan fingerprint density at radius 2 is 2.24 bits per heavy atom. The van der Waals surface area contributed by atoms with Crippen LogP contribution in [0.4, 0.5) is 16.2 Å². The molecule has 2 rings (SSSR count). The number of aliphatic hydroxyl groups excluding tert-OH is 1. The summed E-state index contributed by atoms with van der Waals surface area (Å²) in [4.78, 5) is 24.0. The van der Waals surface area contributed by atoms with E-state index in [0.717, 1.165) is 12.0 Å². The number of β-amino-alcohol motifs (C(OH)–C–C–N with tert-alkyl or cyclic N) is 1. The minimum Gasteiger partial charge on any atom is -0.391 e. The van der Waals surface area contributed by atoms with Crippen molar-refractivity contribution in [2.75, 3.05) is 18.4 Å². The zero-order valence-corrected chi connectivity index (χ0v) is 12.1. The van der Waals surface area contributed by atoms with Crippen molar-refractivity contribution in [1.29, 1.82) is 0 Å². The van der Waals surface area contributed by atoms with E-state index in [1.165, 1.54) is 17.0 Å². The van der Waals surface area contributed by atoms with Crippen LogP contribution in [0, 0.1) is 23.0 Å². The molecule has 2 N–H and O–H groups in total. The first-order valence-corrected chi connectivity index (χ1v) is 6.87. The Kier molecular flexibility index (Phi) is 4.42. The molecule has 21 heavy (non-hydrogen) atoms. The number of hydrogen-bond donors (Lipinski definition) is 2. The van der Waals surface area contributed by atoms with Gasteiger partial charge in [0.15, 0.2) is 0 Å². The molecule has 0 radical (unpaired) electrons. The first-order valence-electron chi connectivity index (χ1n) is 6.87. The Morgan fingerprint density at radius 3 is 2.86 bits per heavy atom. The molecular formula is C14H19N3O4. The fourth-order valence-corrected chi connectivity index (χ4v) is 2.29. The number of anilines is 1. The van der Waals surface area contributed by atoms with Crippen molar-refractivity contribution >= 4 is 17.4 Å². The molecule has 0 aromatic heterocycles. The van der Waals surface area contributed by atoms with E-state index in [9.17, 15) is 20.0 Å². The number of nitrogens with one attached hydrogen (secondary N) is 1. The number of carbonyl (C=O) groups is 1. The number of urea groups is 1. The van der Waals surface area contributed by atoms with Crippen molar-refractivity contribution in [3.8, 4) is 0 Å². The first kappa shape index (κ1) is 15.2. The Labute approximate surface area is 122 Å². The highest BCUT2D eigenvalue weighted by atomic mass is 16.6. The van der Waals surface area contributed by atoms with Crippen LogP contribution in [0.2, 0.25) is 0 Å². The van der Waals surface area contributed by atoms with Gasteiger partial charge in [0.1, 0.15) is 0 Å². The Balaban J connectivity index is 2.09. The molecule has 0 saturated carbocycles. The zero-order valence-electron chi connectivity index (χ0n) is 12.1. The van der Waals surface area contributed by atoms with Crippen LogP contribution in [0.5, 0.6) is 0 Å². The standard InChI is InChI=1S/C14H19N3O4/c1-9-3-4-11(17(20)21)7-12(9)15-14(19)16-6-5-10(2)13(18)8-16/h3-4,7,10,13,18H,5-6,8H2,1-2H3,(H,15,19). The van der Waals surface area contributed by atoms with Gasteiger partial charge < -0.3 is 15.3 Å². The molecule has 2 atom stereocenters. The van der Waals surface area contributed by atoms with Crippen LogP contribution in [-0.4, -0.2) is 40.2 Å². The normalized spacial score (nSPS) is 22.0. The molecule has 1 heterocycles. The lowest BCUT2D eigenvalue weighted by molar-refractivity contribution is -0.384. The van der Waals surface area contributed by atoms with Gasteiger partial charge in [-0.1, -0.05) is 13.0 Å². The SMILES string of the molecule is Cc1ccc([N+](=O)[O-])cc1NC(=O)N1CCC(C)C(O)C1. The van der Waals surface area contributed by atoms with Crippen LogP contribution >= 0.6 is 0 Å². The molecule has 1 aliphatic rings. The van der Waals surface area contributed by atoms with Crippen LogP contribution in [-0.2, 0) is 0 Å². The molecule has 0 bridgehead atoms. The zero-order chi connectivity index (χ0) is 15.6. The fourth-order valence-electron chi connectivity index (χ4n) is 2.29. The second-order valence-corrected chi connectivity index (χ2v) is 5.47. The Bertz CT molecular complexity index is 561. The van der Waals surface area contributed by atoms with Crippen molar-refractivity contribution in [1.82, 2.24) is 4.90 Å². The van der Waals surface area contributed by atoms with Crippen molar-refractivity contribution in [2.45, 2.75) is 26.4 Å². The van der Waals surface area contributed by atoms with Crippen LogP contribution in [0.3, 0.4) is 0 Å². The lowest BCUT2D eigenvalue weighted by Crippen LogP contribution is -2.47. The van der Waals surface area contributed by atoms with E-state index in [1.54, 1.807) is 13.0 Å². The summed E-state index contributed by atoms with van der Waals surface area (Å²) in [5.74, 6) is 0.175. The number of aryl methyl sites for hydroxylation is 1. The number of hydrogen-bond acceptors (Lipinski definition) is 4. The third kappa shape index (κ3) is 3.49. The van der Waals surface area contributed by atoms with E-state index in [0.29, 0.717) is 12.2 Å². The van der Waals surface area contributed by atoms with Crippen LogP contribution in [0.25, 0.3) is 0 Å². The topological polar surface area (TPSA) is 95.7 Å². The average molecular weight is 293 g/mol. The summed E-state index contributed by atoms with van der Waals surface area (Å²) in [7, 11) is 0. The van der Waals surface area contributed by atoms with Gasteiger partial charge in [-0.15, -0.1) is 0 Å². The summed E-state index contributed by atoms with van der Waals surface area (Å²) in [5.41, 5.74) is 1.10. The number of nitro benzene ring substituents is 1. The van der Waals surface area contributed by atoms with E-state index in [1.807, 2.05) is 6.92 Å². The van der Waals surface area contributed by atoms with Gasteiger partial charge in [0.25, 0.3) is 5.69 Å². The molecule has 7 nitrogen and oxygen atoms in total. The highest BCUT2D eigenvalue weighted by Gasteiger charge is 2.27. The minimum absolute atomic E-state index is 0.0665. The van der Waals surface area contributed by atoms with Gasteiger partial charge in [-0.3, -0.25) is 10.1 Å². The number of benzene rings is 1. The maximum absolute atomic E-state index is 12.2. The van der Waals surface area contributed by atoms with Crippen molar-refractivity contribution in [2.24, 2.45) is 5.92 Å². The number of amides is 2. The van der Waals surface area contributed by atoms with E-state index in [-0.39, 0.29) is 24.2 Å². The van der Waals surface area contributed by atoms with Gasteiger partial charge in [0, 0.05) is 25.2 Å². The first-order chi connectivity index (χ1) is 9.88. The van der Waals surface area contributed by atoms with Crippen LogP contribution < -0.4 is 5.32 Å². The van der Waals surface area contributed by atoms with Gasteiger partial charge >= 0.3 is 6.03 Å². The average Bonchev–Trinajstić information content (AvgIpc) is 2.43. The highest BCUT2D eigenvalue weighted by molar-refractivity contribution is 5.90. The third-order valence-corrected chi connectivity index (χ3v) is 3.88. The van der Waals surface area contributed by atoms with E-state index in [4.69, 9.17) is 0 Å². The number of nitrogens with zero attached hydrogens (tertiary/aromatic N) is 2. The molecule has 1 aromatic rings. The summed E-state index contributed by atoms with van der Waals surface area (Å²) in [6.45, 7) is 4.57. The predicted octanol–water partition coefficient (Wildman–Crippen LogP) is 2.14. The summed E-state index contributed by atoms with van der Waals surface area (Å²) in [6, 6.07) is 4.00. The van der Waals surface area contributed by atoms with Crippen LogP contribution in [0.1, 0.15) is 18.9 Å². The fraction of sp³-hybridized carbons (Fsp3) is 0.500. The molecule has 1 fully saturated rings. The molecule has 7 heteroatoms. The van der Waals surface area contributed by atoms with Gasteiger partial charge in [0.2, 0.25) is 0 Å². The molecule has 0 aliphatic carbocycles. The van der Waals surface area contributed by atoms with Gasteiger partial charge in [-0.2, -0.15) is 0 Å². The lowest BCUT2D eigenvalue weighted by atomic mass is 9.96. The Hall–Kier alpha value is -2.15. The van der Waals surface area contributed by atoms with Gasteiger partial charge in [0.05, 0.1) is 16.7 Å². The number of nitro groups is 1.